The van der Waals surface area contributed by atoms with Gasteiger partial charge in [0.25, 0.3) is 0 Å². The lowest BCUT2D eigenvalue weighted by Crippen LogP contribution is -2.38. The van der Waals surface area contributed by atoms with E-state index in [-0.39, 0.29) is 18.5 Å². The van der Waals surface area contributed by atoms with Gasteiger partial charge >= 0.3 is 12.2 Å². The quantitative estimate of drug-likeness (QED) is 0.833. The zero-order chi connectivity index (χ0) is 20.4. The molecule has 0 spiro atoms. The fraction of sp³-hybridized carbons (Fsp3) is 0.500. The fourth-order valence-corrected chi connectivity index (χ4v) is 3.31. The minimum absolute atomic E-state index is 0.122. The van der Waals surface area contributed by atoms with Gasteiger partial charge in [-0.05, 0) is 24.6 Å². The van der Waals surface area contributed by atoms with Gasteiger partial charge in [-0.25, -0.2) is 14.0 Å². The molecular weight excluding hydrogens is 371 g/mol. The molecular formula is C18H23FN4O5. The second kappa shape index (κ2) is 7.91. The smallest absolute Gasteiger partial charge is 0.416 e. The Labute approximate surface area is 162 Å². The number of cyclic esters (lactones) is 1. The third-order valence-corrected chi connectivity index (χ3v) is 5.00. The van der Waals surface area contributed by atoms with Gasteiger partial charge in [-0.15, -0.1) is 0 Å². The predicted octanol–water partition coefficient (Wildman–Crippen LogP) is 1.52. The molecule has 2 heterocycles. The van der Waals surface area contributed by atoms with Crippen LogP contribution < -0.4 is 15.1 Å². The largest absolute Gasteiger partial charge is 0.453 e. The van der Waals surface area contributed by atoms with Gasteiger partial charge in [0, 0.05) is 27.1 Å². The van der Waals surface area contributed by atoms with Crippen molar-refractivity contribution in [2.24, 2.45) is 0 Å². The second-order valence-corrected chi connectivity index (χ2v) is 6.78. The summed E-state index contributed by atoms with van der Waals surface area (Å²) in [6.07, 6.45) is -1.18. The van der Waals surface area contributed by atoms with Crippen molar-refractivity contribution in [1.82, 2.24) is 10.2 Å². The van der Waals surface area contributed by atoms with Crippen molar-refractivity contribution in [1.29, 1.82) is 0 Å². The van der Waals surface area contributed by atoms with Gasteiger partial charge in [-0.3, -0.25) is 9.69 Å². The molecule has 2 saturated heterocycles. The summed E-state index contributed by atoms with van der Waals surface area (Å²) in [7, 11) is 2.84. The average molecular weight is 394 g/mol. The van der Waals surface area contributed by atoms with Crippen molar-refractivity contribution in [2.75, 3.05) is 43.6 Å². The van der Waals surface area contributed by atoms with E-state index in [1.807, 2.05) is 4.90 Å². The molecule has 0 aliphatic carbocycles. The number of hydrogen-bond acceptors (Lipinski definition) is 6. The molecule has 0 radical (unpaired) electrons. The lowest BCUT2D eigenvalue weighted by atomic mass is 10.2. The zero-order valence-corrected chi connectivity index (χ0v) is 16.0. The summed E-state index contributed by atoms with van der Waals surface area (Å²) in [5, 5.41) is 2.71. The standard InChI is InChI=1S/C18H23FN4O5/c1-11(24)21(2)16-10-23(18(26)28-16)13-4-5-15(14(19)8-13)22-7-6-12(9-22)20-17(25)27-3/h4-5,8,12,16H,6-7,9-10H2,1-3H3,(H,20,25). The molecule has 2 fully saturated rings. The summed E-state index contributed by atoms with van der Waals surface area (Å²) < 4.78 is 24.5. The molecule has 2 aliphatic heterocycles. The number of nitrogens with one attached hydrogen (secondary N) is 1. The third kappa shape index (κ3) is 3.95. The first kappa shape index (κ1) is 19.7. The molecule has 10 heteroatoms. The molecule has 152 valence electrons. The van der Waals surface area contributed by atoms with E-state index in [2.05, 4.69) is 10.1 Å². The normalized spacial score (nSPS) is 21.5. The highest BCUT2D eigenvalue weighted by Crippen LogP contribution is 2.30. The highest BCUT2D eigenvalue weighted by molar-refractivity contribution is 5.90. The SMILES string of the molecule is COC(=O)NC1CCN(c2ccc(N3CC(N(C)C(C)=O)OC3=O)cc2F)C1. The summed E-state index contributed by atoms with van der Waals surface area (Å²) in [6, 6.07) is 4.38. The van der Waals surface area contributed by atoms with E-state index in [9.17, 15) is 18.8 Å². The van der Waals surface area contributed by atoms with Gasteiger partial charge in [0.1, 0.15) is 5.82 Å². The van der Waals surface area contributed by atoms with E-state index < -0.39 is 24.2 Å². The van der Waals surface area contributed by atoms with Gasteiger partial charge in [-0.2, -0.15) is 0 Å². The van der Waals surface area contributed by atoms with Crippen LogP contribution in [-0.2, 0) is 14.3 Å². The topological polar surface area (TPSA) is 91.4 Å². The predicted molar refractivity (Wildman–Crippen MR) is 98.6 cm³/mol. The Kier molecular flexibility index (Phi) is 5.57. The summed E-state index contributed by atoms with van der Waals surface area (Å²) >= 11 is 0. The Morgan fingerprint density at radius 3 is 2.75 bits per heavy atom. The van der Waals surface area contributed by atoms with E-state index in [0.29, 0.717) is 30.9 Å². The number of amides is 3. The van der Waals surface area contributed by atoms with Crippen LogP contribution in [0, 0.1) is 5.82 Å². The number of benzene rings is 1. The van der Waals surface area contributed by atoms with Crippen LogP contribution in [0.15, 0.2) is 18.2 Å². The fourth-order valence-electron chi connectivity index (χ4n) is 3.31. The highest BCUT2D eigenvalue weighted by Gasteiger charge is 2.36. The summed E-state index contributed by atoms with van der Waals surface area (Å²) in [4.78, 5) is 39.3. The Morgan fingerprint density at radius 1 is 1.36 bits per heavy atom. The molecule has 0 saturated carbocycles. The number of anilines is 2. The van der Waals surface area contributed by atoms with Gasteiger partial charge in [0.15, 0.2) is 6.23 Å². The average Bonchev–Trinajstić information content (AvgIpc) is 3.27. The van der Waals surface area contributed by atoms with Crippen LogP contribution in [0.3, 0.4) is 0 Å². The van der Waals surface area contributed by atoms with Crippen molar-refractivity contribution >= 4 is 29.5 Å². The van der Waals surface area contributed by atoms with Gasteiger partial charge in [-0.1, -0.05) is 0 Å². The number of carbonyl (C=O) groups is 3. The van der Waals surface area contributed by atoms with Gasteiger partial charge in [0.2, 0.25) is 5.91 Å². The lowest BCUT2D eigenvalue weighted by molar-refractivity contribution is -0.134. The van der Waals surface area contributed by atoms with Gasteiger partial charge < -0.3 is 24.6 Å². The van der Waals surface area contributed by atoms with Crippen LogP contribution in [0.2, 0.25) is 0 Å². The number of hydrogen-bond donors (Lipinski definition) is 1. The maximum absolute atomic E-state index is 14.7. The molecule has 2 atom stereocenters. The Balaban J connectivity index is 1.69. The van der Waals surface area contributed by atoms with Crippen molar-refractivity contribution in [3.8, 4) is 0 Å². The Bertz CT molecular complexity index is 789. The van der Waals surface area contributed by atoms with Crippen LogP contribution in [-0.4, -0.2) is 69.1 Å². The second-order valence-electron chi connectivity index (χ2n) is 6.78. The van der Waals surface area contributed by atoms with Crippen LogP contribution in [0.1, 0.15) is 13.3 Å². The van der Waals surface area contributed by atoms with E-state index in [1.54, 1.807) is 19.2 Å². The minimum Gasteiger partial charge on any atom is -0.453 e. The van der Waals surface area contributed by atoms with Crippen LogP contribution >= 0.6 is 0 Å². The molecule has 9 nitrogen and oxygen atoms in total. The van der Waals surface area contributed by atoms with Crippen LogP contribution in [0.5, 0.6) is 0 Å². The first-order valence-electron chi connectivity index (χ1n) is 8.90. The van der Waals surface area contributed by atoms with Crippen molar-refractivity contribution in [3.05, 3.63) is 24.0 Å². The molecule has 3 rings (SSSR count). The molecule has 2 aliphatic rings. The first-order valence-corrected chi connectivity index (χ1v) is 8.90. The summed E-state index contributed by atoms with van der Waals surface area (Å²) in [5.74, 6) is -0.710. The maximum Gasteiger partial charge on any atom is 0.416 e. The highest BCUT2D eigenvalue weighted by atomic mass is 19.1. The van der Waals surface area contributed by atoms with Gasteiger partial charge in [0.05, 0.1) is 31.1 Å². The minimum atomic E-state index is -0.712. The number of likely N-dealkylation sites (N-methyl/N-ethyl adjacent to an activating group) is 1. The monoisotopic (exact) mass is 394 g/mol. The maximum atomic E-state index is 14.7. The molecule has 1 N–H and O–H groups in total. The summed E-state index contributed by atoms with van der Waals surface area (Å²) in [6.45, 7) is 2.55. The molecule has 1 aromatic rings. The number of halogens is 1. The van der Waals surface area contributed by atoms with E-state index in [4.69, 9.17) is 4.74 Å². The number of methoxy groups -OCH3 is 1. The summed E-state index contributed by atoms with van der Waals surface area (Å²) in [5.41, 5.74) is 0.747. The van der Waals surface area contributed by atoms with Crippen LogP contribution in [0.25, 0.3) is 0 Å². The van der Waals surface area contributed by atoms with Crippen molar-refractivity contribution in [2.45, 2.75) is 25.6 Å². The zero-order valence-electron chi connectivity index (χ0n) is 16.0. The molecule has 0 aromatic heterocycles. The van der Waals surface area contributed by atoms with E-state index in [0.717, 1.165) is 0 Å². The molecule has 1 aromatic carbocycles. The number of carbonyl (C=O) groups excluding carboxylic acids is 3. The third-order valence-electron chi connectivity index (χ3n) is 5.00. The van der Waals surface area contributed by atoms with Crippen molar-refractivity contribution in [3.63, 3.8) is 0 Å². The number of ether oxygens (including phenoxy) is 2. The first-order chi connectivity index (χ1) is 13.3. The van der Waals surface area contributed by atoms with E-state index in [1.165, 1.54) is 29.9 Å². The number of rotatable bonds is 4. The number of alkyl carbamates (subject to hydrolysis) is 1. The van der Waals surface area contributed by atoms with Crippen molar-refractivity contribution < 1.29 is 28.2 Å². The molecule has 0 bridgehead atoms. The molecule has 3 amide bonds. The molecule has 2 unspecified atom stereocenters. The van der Waals surface area contributed by atoms with Crippen LogP contribution in [0.4, 0.5) is 25.4 Å². The number of nitrogens with zero attached hydrogens (tertiary/aromatic N) is 3. The molecule has 28 heavy (non-hydrogen) atoms. The van der Waals surface area contributed by atoms with E-state index >= 15 is 0 Å². The Morgan fingerprint density at radius 2 is 2.11 bits per heavy atom. The Hall–Kier alpha value is -3.04. The lowest BCUT2D eigenvalue weighted by Gasteiger charge is -2.22.